The summed E-state index contributed by atoms with van der Waals surface area (Å²) >= 11 is 0. The molecule has 2 unspecified atom stereocenters. The number of nitrogens with one attached hydrogen (secondary N) is 2. The van der Waals surface area contributed by atoms with Crippen LogP contribution in [0.1, 0.15) is 19.3 Å². The largest absolute Gasteiger partial charge is 0.341 e. The molecular weight excluding hydrogens is 261 g/mol. The van der Waals surface area contributed by atoms with Crippen molar-refractivity contribution in [1.82, 2.24) is 15.5 Å². The molecule has 100 valence electrons. The van der Waals surface area contributed by atoms with E-state index >= 15 is 0 Å². The Morgan fingerprint density at radius 2 is 1.76 bits per heavy atom. The Hall–Kier alpha value is -0.0300. The lowest BCUT2D eigenvalue weighted by molar-refractivity contribution is -0.137. The Kier molecular flexibility index (Phi) is 5.51. The summed E-state index contributed by atoms with van der Waals surface area (Å²) in [5, 5.41) is 6.77. The molecule has 0 aromatic rings. The quantitative estimate of drug-likeness (QED) is 0.732. The van der Waals surface area contributed by atoms with Crippen LogP contribution in [0.5, 0.6) is 0 Å². The summed E-state index contributed by atoms with van der Waals surface area (Å²) in [4.78, 5) is 14.2. The van der Waals surface area contributed by atoms with Gasteiger partial charge in [-0.15, -0.1) is 24.8 Å². The van der Waals surface area contributed by atoms with Crippen molar-refractivity contribution in [3.63, 3.8) is 0 Å². The van der Waals surface area contributed by atoms with Crippen molar-refractivity contribution in [2.45, 2.75) is 31.3 Å². The first-order valence-electron chi connectivity index (χ1n) is 6.08. The summed E-state index contributed by atoms with van der Waals surface area (Å²) in [5.74, 6) is 0.643. The first-order valence-corrected chi connectivity index (χ1v) is 6.08. The van der Waals surface area contributed by atoms with Crippen molar-refractivity contribution >= 4 is 30.7 Å². The molecule has 0 radical (unpaired) electrons. The highest BCUT2D eigenvalue weighted by molar-refractivity contribution is 5.85. The first-order chi connectivity index (χ1) is 7.33. The van der Waals surface area contributed by atoms with Gasteiger partial charge in [-0.3, -0.25) is 4.79 Å². The third-order valence-corrected chi connectivity index (χ3v) is 3.97. The van der Waals surface area contributed by atoms with Crippen molar-refractivity contribution in [2.24, 2.45) is 5.92 Å². The molecule has 2 N–H and O–H groups in total. The molecule has 2 bridgehead atoms. The third-order valence-electron chi connectivity index (χ3n) is 3.97. The SMILES string of the molecule is Cl.Cl.O=C(C1CNC1)N1CCC2CCC(C1)N2. The second-order valence-corrected chi connectivity index (χ2v) is 5.07. The molecule has 3 saturated heterocycles. The summed E-state index contributed by atoms with van der Waals surface area (Å²) in [7, 11) is 0. The van der Waals surface area contributed by atoms with E-state index < -0.39 is 0 Å². The summed E-state index contributed by atoms with van der Waals surface area (Å²) < 4.78 is 0. The van der Waals surface area contributed by atoms with E-state index in [4.69, 9.17) is 0 Å². The average molecular weight is 282 g/mol. The van der Waals surface area contributed by atoms with E-state index in [1.54, 1.807) is 0 Å². The van der Waals surface area contributed by atoms with E-state index in [9.17, 15) is 4.79 Å². The van der Waals surface area contributed by atoms with Gasteiger partial charge in [-0.2, -0.15) is 0 Å². The monoisotopic (exact) mass is 281 g/mol. The highest BCUT2D eigenvalue weighted by Crippen LogP contribution is 2.21. The van der Waals surface area contributed by atoms with E-state index in [-0.39, 0.29) is 30.7 Å². The molecule has 0 aliphatic carbocycles. The maximum absolute atomic E-state index is 12.1. The van der Waals surface area contributed by atoms with Gasteiger partial charge in [0, 0.05) is 38.3 Å². The summed E-state index contributed by atoms with van der Waals surface area (Å²) in [5.41, 5.74) is 0. The number of rotatable bonds is 1. The van der Waals surface area contributed by atoms with Crippen LogP contribution in [0.2, 0.25) is 0 Å². The molecule has 3 heterocycles. The second-order valence-electron chi connectivity index (χ2n) is 5.07. The van der Waals surface area contributed by atoms with Crippen molar-refractivity contribution < 1.29 is 4.79 Å². The fourth-order valence-electron chi connectivity index (χ4n) is 2.86. The van der Waals surface area contributed by atoms with Crippen molar-refractivity contribution in [3.8, 4) is 0 Å². The van der Waals surface area contributed by atoms with Gasteiger partial charge in [0.25, 0.3) is 0 Å². The van der Waals surface area contributed by atoms with E-state index in [0.29, 0.717) is 18.0 Å². The lowest BCUT2D eigenvalue weighted by Gasteiger charge is -2.33. The number of carbonyl (C=O) groups excluding carboxylic acids is 1. The minimum Gasteiger partial charge on any atom is -0.341 e. The lowest BCUT2D eigenvalue weighted by Crippen LogP contribution is -2.53. The molecule has 0 spiro atoms. The van der Waals surface area contributed by atoms with Gasteiger partial charge >= 0.3 is 0 Å². The molecule has 0 aromatic carbocycles. The molecule has 0 aromatic heterocycles. The Morgan fingerprint density at radius 1 is 1.06 bits per heavy atom. The topological polar surface area (TPSA) is 44.4 Å². The molecule has 0 saturated carbocycles. The van der Waals surface area contributed by atoms with Crippen LogP contribution in [-0.4, -0.2) is 49.1 Å². The van der Waals surface area contributed by atoms with E-state index in [1.165, 1.54) is 12.8 Å². The zero-order valence-electron chi connectivity index (χ0n) is 9.85. The van der Waals surface area contributed by atoms with E-state index in [0.717, 1.165) is 32.6 Å². The predicted octanol–water partition coefficient (Wildman–Crippen LogP) is 0.402. The van der Waals surface area contributed by atoms with Gasteiger partial charge in [-0.05, 0) is 19.3 Å². The number of amides is 1. The molecule has 3 fully saturated rings. The van der Waals surface area contributed by atoms with Gasteiger partial charge in [0.2, 0.25) is 5.91 Å². The summed E-state index contributed by atoms with van der Waals surface area (Å²) in [6.45, 7) is 3.67. The highest BCUT2D eigenvalue weighted by atomic mass is 35.5. The molecule has 3 aliphatic heterocycles. The van der Waals surface area contributed by atoms with Crippen LogP contribution in [-0.2, 0) is 4.79 Å². The molecular formula is C11H21Cl2N3O. The lowest BCUT2D eigenvalue weighted by atomic mass is 10.0. The van der Waals surface area contributed by atoms with Crippen LogP contribution < -0.4 is 10.6 Å². The maximum Gasteiger partial charge on any atom is 0.228 e. The summed E-state index contributed by atoms with van der Waals surface area (Å²) in [6, 6.07) is 1.24. The number of nitrogens with zero attached hydrogens (tertiary/aromatic N) is 1. The van der Waals surface area contributed by atoms with Crippen molar-refractivity contribution in [1.29, 1.82) is 0 Å². The Morgan fingerprint density at radius 3 is 2.41 bits per heavy atom. The molecule has 3 aliphatic rings. The minimum absolute atomic E-state index is 0. The predicted molar refractivity (Wildman–Crippen MR) is 72.0 cm³/mol. The number of likely N-dealkylation sites (tertiary alicyclic amines) is 1. The Balaban J connectivity index is 0.000000722. The standard InChI is InChI=1S/C11H19N3O.2ClH/c15-11(8-5-12-6-8)14-4-3-9-1-2-10(7-14)13-9;;/h8-10,12-13H,1-7H2;2*1H. The van der Waals surface area contributed by atoms with Crippen LogP contribution in [0.4, 0.5) is 0 Å². The zero-order valence-corrected chi connectivity index (χ0v) is 11.5. The first kappa shape index (κ1) is 15.0. The number of halogens is 2. The molecule has 4 nitrogen and oxygen atoms in total. The van der Waals surface area contributed by atoms with Crippen LogP contribution >= 0.6 is 24.8 Å². The number of hydrogen-bond acceptors (Lipinski definition) is 3. The third kappa shape index (κ3) is 3.05. The van der Waals surface area contributed by atoms with E-state index in [2.05, 4.69) is 15.5 Å². The van der Waals surface area contributed by atoms with E-state index in [1.807, 2.05) is 0 Å². The number of hydrogen-bond donors (Lipinski definition) is 2. The van der Waals surface area contributed by atoms with Crippen LogP contribution in [0.15, 0.2) is 0 Å². The maximum atomic E-state index is 12.1. The fraction of sp³-hybridized carbons (Fsp3) is 0.909. The second kappa shape index (κ2) is 6.23. The Labute approximate surface area is 115 Å². The average Bonchev–Trinajstić information content (AvgIpc) is 2.42. The van der Waals surface area contributed by atoms with Gasteiger partial charge in [0.15, 0.2) is 0 Å². The van der Waals surface area contributed by atoms with Crippen LogP contribution in [0, 0.1) is 5.92 Å². The molecule has 6 heteroatoms. The van der Waals surface area contributed by atoms with Gasteiger partial charge in [-0.25, -0.2) is 0 Å². The van der Waals surface area contributed by atoms with Crippen LogP contribution in [0.3, 0.4) is 0 Å². The van der Waals surface area contributed by atoms with Crippen LogP contribution in [0.25, 0.3) is 0 Å². The highest BCUT2D eigenvalue weighted by Gasteiger charge is 2.35. The molecule has 17 heavy (non-hydrogen) atoms. The van der Waals surface area contributed by atoms with Gasteiger partial charge in [-0.1, -0.05) is 0 Å². The molecule has 3 rings (SSSR count). The Bertz CT molecular complexity index is 273. The zero-order chi connectivity index (χ0) is 10.3. The van der Waals surface area contributed by atoms with Crippen molar-refractivity contribution in [3.05, 3.63) is 0 Å². The van der Waals surface area contributed by atoms with Gasteiger partial charge in [0.1, 0.15) is 0 Å². The van der Waals surface area contributed by atoms with Gasteiger partial charge in [0.05, 0.1) is 5.92 Å². The molecule has 2 atom stereocenters. The smallest absolute Gasteiger partial charge is 0.228 e. The summed E-state index contributed by atoms with van der Waals surface area (Å²) in [6.07, 6.45) is 3.69. The number of carbonyl (C=O) groups is 1. The normalized spacial score (nSPS) is 31.9. The van der Waals surface area contributed by atoms with Gasteiger partial charge < -0.3 is 15.5 Å². The minimum atomic E-state index is 0. The number of fused-ring (bicyclic) bond motifs is 2. The molecule has 1 amide bonds. The fourth-order valence-corrected chi connectivity index (χ4v) is 2.86. The van der Waals surface area contributed by atoms with Crippen molar-refractivity contribution in [2.75, 3.05) is 26.2 Å².